The number of carbonyl (C=O) groups excluding carboxylic acids is 2. The minimum atomic E-state index is -0.120. The fourth-order valence-corrected chi connectivity index (χ4v) is 3.57. The maximum atomic E-state index is 12.6. The highest BCUT2D eigenvalue weighted by molar-refractivity contribution is 5.91. The van der Waals surface area contributed by atoms with Crippen molar-refractivity contribution in [1.82, 2.24) is 14.7 Å². The Morgan fingerprint density at radius 3 is 2.41 bits per heavy atom. The van der Waals surface area contributed by atoms with Gasteiger partial charge in [-0.2, -0.15) is 0 Å². The molecule has 1 N–H and O–H groups in total. The summed E-state index contributed by atoms with van der Waals surface area (Å²) in [6.45, 7) is 9.40. The van der Waals surface area contributed by atoms with Gasteiger partial charge in [0.05, 0.1) is 18.8 Å². The number of hydrogen-bond donors (Lipinski definition) is 1. The van der Waals surface area contributed by atoms with E-state index in [2.05, 4.69) is 10.2 Å². The first-order valence-electron chi connectivity index (χ1n) is 9.86. The largest absolute Gasteiger partial charge is 0.492 e. The number of aryl methyl sites for hydroxylation is 1. The monoisotopic (exact) mass is 374 g/mol. The Bertz CT molecular complexity index is 665. The van der Waals surface area contributed by atoms with Crippen molar-refractivity contribution in [3.63, 3.8) is 0 Å². The number of benzene rings is 1. The Hall–Kier alpha value is -2.28. The molecule has 7 heteroatoms. The molecule has 0 bridgehead atoms. The van der Waals surface area contributed by atoms with Crippen molar-refractivity contribution in [1.29, 1.82) is 0 Å². The van der Waals surface area contributed by atoms with Gasteiger partial charge in [-0.1, -0.05) is 6.07 Å². The molecule has 1 aromatic rings. The van der Waals surface area contributed by atoms with E-state index < -0.39 is 0 Å². The number of carbonyl (C=O) groups is 2. The lowest BCUT2D eigenvalue weighted by atomic mass is 10.2. The van der Waals surface area contributed by atoms with Crippen molar-refractivity contribution in [2.24, 2.45) is 0 Å². The van der Waals surface area contributed by atoms with Crippen molar-refractivity contribution in [2.75, 3.05) is 57.7 Å². The first kappa shape index (κ1) is 19.5. The molecule has 2 aliphatic rings. The van der Waals surface area contributed by atoms with Crippen LogP contribution >= 0.6 is 0 Å². The van der Waals surface area contributed by atoms with Gasteiger partial charge in [0.1, 0.15) is 5.75 Å². The van der Waals surface area contributed by atoms with E-state index in [1.165, 1.54) is 0 Å². The van der Waals surface area contributed by atoms with E-state index in [1.807, 2.05) is 36.9 Å². The summed E-state index contributed by atoms with van der Waals surface area (Å²) in [7, 11) is 0. The third-order valence-corrected chi connectivity index (χ3v) is 5.16. The van der Waals surface area contributed by atoms with Gasteiger partial charge in [0.2, 0.25) is 5.91 Å². The predicted molar refractivity (Wildman–Crippen MR) is 105 cm³/mol. The molecular weight excluding hydrogens is 344 g/mol. The highest BCUT2D eigenvalue weighted by atomic mass is 16.5. The summed E-state index contributed by atoms with van der Waals surface area (Å²) < 4.78 is 5.63. The second kappa shape index (κ2) is 9.08. The zero-order valence-corrected chi connectivity index (χ0v) is 16.4. The van der Waals surface area contributed by atoms with Gasteiger partial charge in [-0.3, -0.25) is 9.69 Å². The van der Waals surface area contributed by atoms with Crippen LogP contribution in [-0.4, -0.2) is 79.1 Å². The standard InChI is InChI=1S/C20H30N4O3/c1-3-27-18-14-16(2)6-7-17(18)21-20(26)24-12-10-22(11-13-24)15-19(25)23-8-4-5-9-23/h6-7,14H,3-5,8-13,15H2,1-2H3,(H,21,26). The van der Waals surface area contributed by atoms with E-state index >= 15 is 0 Å². The summed E-state index contributed by atoms with van der Waals surface area (Å²) in [5.41, 5.74) is 1.78. The number of ether oxygens (including phenoxy) is 1. The molecule has 0 saturated carbocycles. The maximum Gasteiger partial charge on any atom is 0.322 e. The summed E-state index contributed by atoms with van der Waals surface area (Å²) in [6, 6.07) is 5.65. The van der Waals surface area contributed by atoms with Crippen molar-refractivity contribution in [3.05, 3.63) is 23.8 Å². The molecule has 3 amide bonds. The van der Waals surface area contributed by atoms with Gasteiger partial charge < -0.3 is 19.9 Å². The average molecular weight is 374 g/mol. The number of amides is 3. The van der Waals surface area contributed by atoms with Crippen molar-refractivity contribution >= 4 is 17.6 Å². The van der Waals surface area contributed by atoms with Crippen LogP contribution in [0.25, 0.3) is 0 Å². The molecule has 2 fully saturated rings. The third-order valence-electron chi connectivity index (χ3n) is 5.16. The molecule has 148 valence electrons. The molecule has 2 heterocycles. The topological polar surface area (TPSA) is 65.1 Å². The highest BCUT2D eigenvalue weighted by Gasteiger charge is 2.25. The SMILES string of the molecule is CCOc1cc(C)ccc1NC(=O)N1CCN(CC(=O)N2CCCC2)CC1. The van der Waals surface area contributed by atoms with Gasteiger partial charge in [0, 0.05) is 39.3 Å². The highest BCUT2D eigenvalue weighted by Crippen LogP contribution is 2.26. The Kier molecular flexibility index (Phi) is 6.55. The van der Waals surface area contributed by atoms with Crippen molar-refractivity contribution in [3.8, 4) is 5.75 Å². The molecule has 27 heavy (non-hydrogen) atoms. The molecular formula is C20H30N4O3. The summed E-state index contributed by atoms with van der Waals surface area (Å²) in [5, 5.41) is 2.96. The molecule has 0 atom stereocenters. The lowest BCUT2D eigenvalue weighted by Gasteiger charge is -2.35. The zero-order valence-electron chi connectivity index (χ0n) is 16.4. The van der Waals surface area contributed by atoms with Gasteiger partial charge in [0.25, 0.3) is 0 Å². The number of rotatable bonds is 5. The average Bonchev–Trinajstić information content (AvgIpc) is 3.19. The quantitative estimate of drug-likeness (QED) is 0.858. The number of piperazine rings is 1. The summed E-state index contributed by atoms with van der Waals surface area (Å²) in [5.74, 6) is 0.909. The van der Waals surface area contributed by atoms with Gasteiger partial charge in [-0.15, -0.1) is 0 Å². The number of nitrogens with zero attached hydrogens (tertiary/aromatic N) is 3. The van der Waals surface area contributed by atoms with Crippen LogP contribution in [0.4, 0.5) is 10.5 Å². The van der Waals surface area contributed by atoms with Gasteiger partial charge >= 0.3 is 6.03 Å². The first-order chi connectivity index (χ1) is 13.1. The maximum absolute atomic E-state index is 12.6. The smallest absolute Gasteiger partial charge is 0.322 e. The van der Waals surface area contributed by atoms with E-state index in [0.29, 0.717) is 37.7 Å². The summed E-state index contributed by atoms with van der Waals surface area (Å²) in [6.07, 6.45) is 2.23. The predicted octanol–water partition coefficient (Wildman–Crippen LogP) is 2.17. The molecule has 2 saturated heterocycles. The van der Waals surface area contributed by atoms with E-state index in [-0.39, 0.29) is 11.9 Å². The molecule has 0 unspecified atom stereocenters. The number of anilines is 1. The Morgan fingerprint density at radius 1 is 1.04 bits per heavy atom. The van der Waals surface area contributed by atoms with E-state index in [9.17, 15) is 9.59 Å². The number of likely N-dealkylation sites (tertiary alicyclic amines) is 1. The number of urea groups is 1. The Morgan fingerprint density at radius 2 is 1.74 bits per heavy atom. The van der Waals surface area contributed by atoms with Gasteiger partial charge in [-0.25, -0.2) is 4.79 Å². The Balaban J connectivity index is 1.49. The fraction of sp³-hybridized carbons (Fsp3) is 0.600. The molecule has 0 radical (unpaired) electrons. The van der Waals surface area contributed by atoms with E-state index in [0.717, 1.165) is 44.6 Å². The number of hydrogen-bond acceptors (Lipinski definition) is 4. The molecule has 3 rings (SSSR count). The second-order valence-corrected chi connectivity index (χ2v) is 7.21. The molecule has 7 nitrogen and oxygen atoms in total. The van der Waals surface area contributed by atoms with Crippen LogP contribution in [0.1, 0.15) is 25.3 Å². The Labute approximate surface area is 161 Å². The molecule has 0 spiro atoms. The van der Waals surface area contributed by atoms with Gasteiger partial charge in [-0.05, 0) is 44.4 Å². The molecule has 0 aromatic heterocycles. The third kappa shape index (κ3) is 5.13. The number of nitrogens with one attached hydrogen (secondary N) is 1. The van der Waals surface area contributed by atoms with Crippen LogP contribution in [0, 0.1) is 6.92 Å². The van der Waals surface area contributed by atoms with Crippen LogP contribution < -0.4 is 10.1 Å². The van der Waals surface area contributed by atoms with E-state index in [4.69, 9.17) is 4.74 Å². The van der Waals surface area contributed by atoms with Crippen LogP contribution in [-0.2, 0) is 4.79 Å². The lowest BCUT2D eigenvalue weighted by Crippen LogP contribution is -2.52. The molecule has 2 aliphatic heterocycles. The summed E-state index contributed by atoms with van der Waals surface area (Å²) >= 11 is 0. The zero-order chi connectivity index (χ0) is 19.2. The van der Waals surface area contributed by atoms with Crippen LogP contribution in [0.5, 0.6) is 5.75 Å². The van der Waals surface area contributed by atoms with Crippen LogP contribution in [0.3, 0.4) is 0 Å². The second-order valence-electron chi connectivity index (χ2n) is 7.21. The van der Waals surface area contributed by atoms with Crippen LogP contribution in [0.15, 0.2) is 18.2 Å². The van der Waals surface area contributed by atoms with Crippen molar-refractivity contribution < 1.29 is 14.3 Å². The molecule has 1 aromatic carbocycles. The minimum Gasteiger partial charge on any atom is -0.492 e. The first-order valence-corrected chi connectivity index (χ1v) is 9.86. The minimum absolute atomic E-state index is 0.120. The van der Waals surface area contributed by atoms with E-state index in [1.54, 1.807) is 4.90 Å². The van der Waals surface area contributed by atoms with Crippen LogP contribution in [0.2, 0.25) is 0 Å². The summed E-state index contributed by atoms with van der Waals surface area (Å²) in [4.78, 5) is 30.8. The normalized spacial score (nSPS) is 17.9. The molecule has 0 aliphatic carbocycles. The lowest BCUT2D eigenvalue weighted by molar-refractivity contribution is -0.131. The van der Waals surface area contributed by atoms with Gasteiger partial charge in [0.15, 0.2) is 0 Å². The fourth-order valence-electron chi connectivity index (χ4n) is 3.57. The van der Waals surface area contributed by atoms with Crippen molar-refractivity contribution in [2.45, 2.75) is 26.7 Å².